The van der Waals surface area contributed by atoms with Gasteiger partial charge in [-0.1, -0.05) is 48.5 Å². The van der Waals surface area contributed by atoms with Crippen molar-refractivity contribution >= 4 is 39.1 Å². The number of carbonyl (C=O) groups excluding carboxylic acids is 2. The molecular weight excluding hydrogens is 504 g/mol. The Morgan fingerprint density at radius 3 is 2.13 bits per heavy atom. The number of hydrogen-bond donors (Lipinski definition) is 2. The predicted molar refractivity (Wildman–Crippen MR) is 142 cm³/mol. The number of ketones is 1. The summed E-state index contributed by atoms with van der Waals surface area (Å²) in [5.41, 5.74) is 2.09. The van der Waals surface area contributed by atoms with Crippen LogP contribution in [0.15, 0.2) is 102 Å². The van der Waals surface area contributed by atoms with E-state index in [1.165, 1.54) is 46.8 Å². The van der Waals surface area contributed by atoms with Crippen LogP contribution in [0.2, 0.25) is 0 Å². The second-order valence-corrected chi connectivity index (χ2v) is 10.6. The molecule has 8 nitrogen and oxygen atoms in total. The molecule has 9 heteroatoms. The molecule has 1 amide bonds. The zero-order chi connectivity index (χ0) is 26.9. The van der Waals surface area contributed by atoms with E-state index < -0.39 is 21.9 Å². The van der Waals surface area contributed by atoms with E-state index in [1.807, 2.05) is 12.1 Å². The van der Waals surface area contributed by atoms with Gasteiger partial charge < -0.3 is 10.4 Å². The molecule has 190 valence electrons. The van der Waals surface area contributed by atoms with Gasteiger partial charge in [0.2, 0.25) is 0 Å². The number of hydrogen-bond acceptors (Lipinski definition) is 5. The molecule has 4 aromatic carbocycles. The fourth-order valence-electron chi connectivity index (χ4n) is 4.39. The molecule has 0 radical (unpaired) electrons. The molecule has 2 N–H and O–H groups in total. The van der Waals surface area contributed by atoms with Crippen molar-refractivity contribution in [2.75, 3.05) is 16.2 Å². The predicted octanol–water partition coefficient (Wildman–Crippen LogP) is 4.62. The Kier molecular flexibility index (Phi) is 6.52. The first kappa shape index (κ1) is 24.9. The lowest BCUT2D eigenvalue weighted by Gasteiger charge is -2.19. The summed E-state index contributed by atoms with van der Waals surface area (Å²) >= 11 is 0. The molecule has 0 aromatic heterocycles. The number of para-hydroxylation sites is 1. The van der Waals surface area contributed by atoms with Crippen LogP contribution in [0.4, 0.5) is 11.4 Å². The summed E-state index contributed by atoms with van der Waals surface area (Å²) in [4.78, 5) is 37.5. The van der Waals surface area contributed by atoms with Crippen molar-refractivity contribution in [3.8, 4) is 0 Å². The molecular formula is C29H22N2O6S. The van der Waals surface area contributed by atoms with Crippen molar-refractivity contribution in [1.82, 2.24) is 0 Å². The Morgan fingerprint density at radius 2 is 1.42 bits per heavy atom. The third-order valence-electron chi connectivity index (χ3n) is 6.35. The highest BCUT2D eigenvalue weighted by Gasteiger charge is 2.30. The second-order valence-electron chi connectivity index (χ2n) is 8.70. The standard InChI is InChI=1S/C29H22N2O6S/c32-27(20-7-2-1-3-8-20)22-12-15-25(24(18-22)29(34)35)30-28(33)21-10-13-23(14-11-21)38(36,37)31-17-16-19-6-4-5-9-26(19)31/h1-15,18H,16-17H2,(H,30,33)(H,34,35). The van der Waals surface area contributed by atoms with Gasteiger partial charge in [-0.15, -0.1) is 0 Å². The Labute approximate surface area is 219 Å². The SMILES string of the molecule is O=C(Nc1ccc(C(=O)c2ccccc2)cc1C(=O)O)c1ccc(S(=O)(=O)N2CCc3ccccc32)cc1. The normalized spacial score (nSPS) is 12.6. The van der Waals surface area contributed by atoms with E-state index in [9.17, 15) is 27.9 Å². The number of amides is 1. The maximum Gasteiger partial charge on any atom is 0.337 e. The molecule has 1 aliphatic heterocycles. The van der Waals surface area contributed by atoms with Gasteiger partial charge >= 0.3 is 5.97 Å². The molecule has 0 saturated carbocycles. The first-order valence-corrected chi connectivity index (χ1v) is 13.2. The third-order valence-corrected chi connectivity index (χ3v) is 8.17. The highest BCUT2D eigenvalue weighted by atomic mass is 32.2. The van der Waals surface area contributed by atoms with Crippen molar-refractivity contribution in [2.24, 2.45) is 0 Å². The fraction of sp³-hybridized carbons (Fsp3) is 0.0690. The minimum Gasteiger partial charge on any atom is -0.478 e. The highest BCUT2D eigenvalue weighted by molar-refractivity contribution is 7.92. The van der Waals surface area contributed by atoms with Crippen LogP contribution in [0, 0.1) is 0 Å². The van der Waals surface area contributed by atoms with Gasteiger partial charge in [0.25, 0.3) is 15.9 Å². The van der Waals surface area contributed by atoms with Crippen molar-refractivity contribution in [2.45, 2.75) is 11.3 Å². The number of carboxylic acid groups (broad SMARTS) is 1. The van der Waals surface area contributed by atoms with Crippen LogP contribution >= 0.6 is 0 Å². The van der Waals surface area contributed by atoms with Gasteiger partial charge in [0.05, 0.1) is 21.8 Å². The smallest absolute Gasteiger partial charge is 0.337 e. The summed E-state index contributed by atoms with van der Waals surface area (Å²) in [6.45, 7) is 0.338. The van der Waals surface area contributed by atoms with Gasteiger partial charge in [-0.25, -0.2) is 13.2 Å². The monoisotopic (exact) mass is 526 g/mol. The maximum absolute atomic E-state index is 13.2. The molecule has 0 unspecified atom stereocenters. The molecule has 4 aromatic rings. The molecule has 0 spiro atoms. The van der Waals surface area contributed by atoms with Crippen LogP contribution in [0.5, 0.6) is 0 Å². The van der Waals surface area contributed by atoms with E-state index in [0.717, 1.165) is 5.56 Å². The first-order chi connectivity index (χ1) is 18.3. The van der Waals surface area contributed by atoms with Crippen molar-refractivity contribution in [3.63, 3.8) is 0 Å². The van der Waals surface area contributed by atoms with E-state index in [4.69, 9.17) is 0 Å². The third kappa shape index (κ3) is 4.67. The van der Waals surface area contributed by atoms with Crippen molar-refractivity contribution in [3.05, 3.63) is 125 Å². The molecule has 1 heterocycles. The number of nitrogens with one attached hydrogen (secondary N) is 1. The van der Waals surface area contributed by atoms with Crippen LogP contribution in [0.1, 0.15) is 42.2 Å². The number of rotatable bonds is 7. The van der Waals surface area contributed by atoms with Gasteiger partial charge in [-0.2, -0.15) is 0 Å². The van der Waals surface area contributed by atoms with Crippen LogP contribution in [0.25, 0.3) is 0 Å². The van der Waals surface area contributed by atoms with E-state index >= 15 is 0 Å². The average Bonchev–Trinajstić information content (AvgIpc) is 3.38. The van der Waals surface area contributed by atoms with Gasteiger partial charge in [-0.3, -0.25) is 13.9 Å². The second kappa shape index (κ2) is 9.95. The molecule has 38 heavy (non-hydrogen) atoms. The quantitative estimate of drug-likeness (QED) is 0.339. The Morgan fingerprint density at radius 1 is 0.763 bits per heavy atom. The maximum atomic E-state index is 13.2. The topological polar surface area (TPSA) is 121 Å². The lowest BCUT2D eigenvalue weighted by Crippen LogP contribution is -2.29. The molecule has 0 fully saturated rings. The Bertz CT molecular complexity index is 1670. The first-order valence-electron chi connectivity index (χ1n) is 11.7. The lowest BCUT2D eigenvalue weighted by molar-refractivity contribution is 0.0698. The van der Waals surface area contributed by atoms with Gasteiger partial charge in [-0.05, 0) is 60.5 Å². The summed E-state index contributed by atoms with van der Waals surface area (Å²) in [7, 11) is -3.82. The summed E-state index contributed by atoms with van der Waals surface area (Å²) in [6.07, 6.45) is 0.623. The van der Waals surface area contributed by atoms with Gasteiger partial charge in [0.1, 0.15) is 0 Å². The zero-order valence-electron chi connectivity index (χ0n) is 20.0. The van der Waals surface area contributed by atoms with Crippen LogP contribution < -0.4 is 9.62 Å². The van der Waals surface area contributed by atoms with E-state index in [0.29, 0.717) is 24.2 Å². The summed E-state index contributed by atoms with van der Waals surface area (Å²) in [6, 6.07) is 25.2. The van der Waals surface area contributed by atoms with Crippen molar-refractivity contribution in [1.29, 1.82) is 0 Å². The fourth-order valence-corrected chi connectivity index (χ4v) is 5.89. The highest BCUT2D eigenvalue weighted by Crippen LogP contribution is 2.32. The number of sulfonamides is 1. The minimum atomic E-state index is -3.82. The summed E-state index contributed by atoms with van der Waals surface area (Å²) in [5, 5.41) is 12.2. The number of fused-ring (bicyclic) bond motifs is 1. The molecule has 0 aliphatic carbocycles. The van der Waals surface area contributed by atoms with E-state index in [1.54, 1.807) is 42.5 Å². The van der Waals surface area contributed by atoms with Crippen LogP contribution in [0.3, 0.4) is 0 Å². The molecule has 5 rings (SSSR count). The minimum absolute atomic E-state index is 0.0116. The van der Waals surface area contributed by atoms with Gasteiger partial charge in [0.15, 0.2) is 5.78 Å². The molecule has 0 bridgehead atoms. The Balaban J connectivity index is 1.36. The molecule has 0 atom stereocenters. The summed E-state index contributed by atoms with van der Waals surface area (Å²) in [5.74, 6) is -2.27. The van der Waals surface area contributed by atoms with Crippen LogP contribution in [-0.2, 0) is 16.4 Å². The number of carboxylic acids is 1. The van der Waals surface area contributed by atoms with E-state index in [-0.39, 0.29) is 33.1 Å². The number of nitrogens with zero attached hydrogens (tertiary/aromatic N) is 1. The number of aromatic carboxylic acids is 1. The largest absolute Gasteiger partial charge is 0.478 e. The van der Waals surface area contributed by atoms with Crippen molar-refractivity contribution < 1.29 is 27.9 Å². The van der Waals surface area contributed by atoms with Gasteiger partial charge in [0, 0.05) is 23.2 Å². The van der Waals surface area contributed by atoms with Crippen LogP contribution in [-0.4, -0.2) is 37.7 Å². The lowest BCUT2D eigenvalue weighted by atomic mass is 10.00. The number of anilines is 2. The molecule has 1 aliphatic rings. The number of carbonyl (C=O) groups is 3. The molecule has 0 saturated heterocycles. The average molecular weight is 527 g/mol. The zero-order valence-corrected chi connectivity index (χ0v) is 20.8. The van der Waals surface area contributed by atoms with E-state index in [2.05, 4.69) is 5.32 Å². The number of benzene rings is 4. The summed E-state index contributed by atoms with van der Waals surface area (Å²) < 4.78 is 27.8. The Hall–Kier alpha value is -4.76.